The van der Waals surface area contributed by atoms with Gasteiger partial charge in [-0.25, -0.2) is 4.98 Å². The first-order valence-electron chi connectivity index (χ1n) is 8.01. The second-order valence-corrected chi connectivity index (χ2v) is 6.79. The van der Waals surface area contributed by atoms with Crippen molar-refractivity contribution in [3.8, 4) is 0 Å². The average molecular weight is 343 g/mol. The lowest BCUT2D eigenvalue weighted by Gasteiger charge is -2.11. The van der Waals surface area contributed by atoms with Gasteiger partial charge in [0, 0.05) is 24.3 Å². The molecular weight excluding hydrogens is 326 g/mol. The molecule has 0 atom stereocenters. The Morgan fingerprint density at radius 2 is 2.25 bits per heavy atom. The van der Waals surface area contributed by atoms with Crippen LogP contribution in [-0.2, 0) is 19.4 Å². The number of aryl methyl sites for hydroxylation is 1. The number of nitrogens with zero attached hydrogens (tertiary/aromatic N) is 3. The highest BCUT2D eigenvalue weighted by Gasteiger charge is 2.21. The summed E-state index contributed by atoms with van der Waals surface area (Å²) in [6.07, 6.45) is 5.61. The molecule has 1 aliphatic rings. The molecular formula is C16H17N5O2S. The number of carbonyl (C=O) groups excluding carboxylic acids is 1. The molecule has 0 saturated heterocycles. The number of aromatic amines is 1. The van der Waals surface area contributed by atoms with E-state index in [2.05, 4.69) is 20.5 Å². The van der Waals surface area contributed by atoms with Crippen LogP contribution in [-0.4, -0.2) is 32.2 Å². The van der Waals surface area contributed by atoms with Crippen LogP contribution in [0.15, 0.2) is 22.6 Å². The molecule has 0 aromatic carbocycles. The molecule has 124 valence electrons. The third-order valence-electron chi connectivity index (χ3n) is 4.35. The number of aromatic nitrogens is 4. The summed E-state index contributed by atoms with van der Waals surface area (Å²) in [5.41, 5.74) is 3.26. The largest absolute Gasteiger partial charge is 0.349 e. The van der Waals surface area contributed by atoms with E-state index in [1.54, 1.807) is 0 Å². The standard InChI is InChI=1S/C16H17N5O2S/c22-15(13-10-3-1-2-4-11(10)19-20-13)17-6-7-21-9-18-12-5-8-24-14(12)16(21)23/h5,8-9H,1-4,6-7H2,(H,17,22)(H,19,20). The number of hydrogen-bond donors (Lipinski definition) is 2. The van der Waals surface area contributed by atoms with E-state index in [4.69, 9.17) is 0 Å². The average Bonchev–Trinajstić information content (AvgIpc) is 3.23. The van der Waals surface area contributed by atoms with Crippen molar-refractivity contribution in [3.05, 3.63) is 45.1 Å². The molecule has 1 aliphatic carbocycles. The van der Waals surface area contributed by atoms with E-state index < -0.39 is 0 Å². The molecule has 4 rings (SSSR count). The third kappa shape index (κ3) is 2.62. The zero-order valence-corrected chi connectivity index (χ0v) is 13.9. The Morgan fingerprint density at radius 3 is 3.17 bits per heavy atom. The fourth-order valence-corrected chi connectivity index (χ4v) is 3.87. The van der Waals surface area contributed by atoms with E-state index >= 15 is 0 Å². The Labute approximate surface area is 141 Å². The lowest BCUT2D eigenvalue weighted by molar-refractivity contribution is 0.0946. The third-order valence-corrected chi connectivity index (χ3v) is 5.24. The molecule has 2 N–H and O–H groups in total. The maximum absolute atomic E-state index is 12.3. The molecule has 0 unspecified atom stereocenters. The van der Waals surface area contributed by atoms with Gasteiger partial charge in [-0.2, -0.15) is 5.10 Å². The van der Waals surface area contributed by atoms with Crippen molar-refractivity contribution in [2.75, 3.05) is 6.54 Å². The van der Waals surface area contributed by atoms with Crippen LogP contribution < -0.4 is 10.9 Å². The Hall–Kier alpha value is -2.48. The van der Waals surface area contributed by atoms with Crippen molar-refractivity contribution in [2.45, 2.75) is 32.2 Å². The molecule has 0 bridgehead atoms. The van der Waals surface area contributed by atoms with Gasteiger partial charge in [0.1, 0.15) is 4.70 Å². The smallest absolute Gasteiger partial charge is 0.272 e. The van der Waals surface area contributed by atoms with Crippen molar-refractivity contribution >= 4 is 27.5 Å². The van der Waals surface area contributed by atoms with Gasteiger partial charge in [-0.15, -0.1) is 11.3 Å². The second-order valence-electron chi connectivity index (χ2n) is 5.87. The van der Waals surface area contributed by atoms with Gasteiger partial charge in [0.05, 0.1) is 11.8 Å². The maximum Gasteiger partial charge on any atom is 0.272 e. The van der Waals surface area contributed by atoms with E-state index in [1.807, 2.05) is 11.4 Å². The molecule has 0 fully saturated rings. The van der Waals surface area contributed by atoms with Gasteiger partial charge in [-0.05, 0) is 37.1 Å². The van der Waals surface area contributed by atoms with Crippen LogP contribution in [0.3, 0.4) is 0 Å². The van der Waals surface area contributed by atoms with Gasteiger partial charge in [-0.1, -0.05) is 0 Å². The van der Waals surface area contributed by atoms with E-state index in [1.165, 1.54) is 22.2 Å². The zero-order valence-electron chi connectivity index (χ0n) is 13.0. The zero-order chi connectivity index (χ0) is 16.5. The molecule has 0 aliphatic heterocycles. The van der Waals surface area contributed by atoms with Crippen molar-refractivity contribution in [2.24, 2.45) is 0 Å². The summed E-state index contributed by atoms with van der Waals surface area (Å²) in [4.78, 5) is 28.9. The van der Waals surface area contributed by atoms with Crippen molar-refractivity contribution < 1.29 is 4.79 Å². The Balaban J connectivity index is 1.43. The van der Waals surface area contributed by atoms with E-state index in [-0.39, 0.29) is 11.5 Å². The summed E-state index contributed by atoms with van der Waals surface area (Å²) in [5, 5.41) is 11.8. The molecule has 24 heavy (non-hydrogen) atoms. The molecule has 0 saturated carbocycles. The Kier molecular flexibility index (Phi) is 3.89. The molecule has 3 heterocycles. The van der Waals surface area contributed by atoms with Crippen molar-refractivity contribution in [1.29, 1.82) is 0 Å². The normalized spacial score (nSPS) is 13.8. The fraction of sp³-hybridized carbons (Fsp3) is 0.375. The van der Waals surface area contributed by atoms with Gasteiger partial charge in [0.25, 0.3) is 11.5 Å². The maximum atomic E-state index is 12.3. The quantitative estimate of drug-likeness (QED) is 0.751. The predicted octanol–water partition coefficient (Wildman–Crippen LogP) is 1.49. The summed E-state index contributed by atoms with van der Waals surface area (Å²) in [5.74, 6) is -0.187. The minimum atomic E-state index is -0.187. The highest BCUT2D eigenvalue weighted by molar-refractivity contribution is 7.17. The number of rotatable bonds is 4. The van der Waals surface area contributed by atoms with Crippen molar-refractivity contribution in [3.63, 3.8) is 0 Å². The second kappa shape index (κ2) is 6.20. The summed E-state index contributed by atoms with van der Waals surface area (Å²) in [6.45, 7) is 0.747. The molecule has 0 spiro atoms. The summed E-state index contributed by atoms with van der Waals surface area (Å²) < 4.78 is 2.17. The molecule has 7 nitrogen and oxygen atoms in total. The first kappa shape index (κ1) is 15.1. The van der Waals surface area contributed by atoms with Crippen LogP contribution in [0.5, 0.6) is 0 Å². The van der Waals surface area contributed by atoms with E-state index in [9.17, 15) is 9.59 Å². The number of hydrogen-bond acceptors (Lipinski definition) is 5. The minimum absolute atomic E-state index is 0.0682. The number of fused-ring (bicyclic) bond motifs is 2. The highest BCUT2D eigenvalue weighted by atomic mass is 32.1. The number of thiophene rings is 1. The summed E-state index contributed by atoms with van der Waals surface area (Å²) in [6, 6.07) is 1.83. The first-order valence-corrected chi connectivity index (χ1v) is 8.89. The molecule has 3 aromatic rings. The lowest BCUT2D eigenvalue weighted by atomic mass is 9.96. The SMILES string of the molecule is O=C(NCCn1cnc2ccsc2c1=O)c1n[nH]c2c1CCCC2. The number of amides is 1. The van der Waals surface area contributed by atoms with Crippen LogP contribution in [0.4, 0.5) is 0 Å². The minimum Gasteiger partial charge on any atom is -0.349 e. The molecule has 8 heteroatoms. The van der Waals surface area contributed by atoms with Gasteiger partial charge in [-0.3, -0.25) is 19.3 Å². The summed E-state index contributed by atoms with van der Waals surface area (Å²) in [7, 11) is 0. The Bertz CT molecular complexity index is 955. The Morgan fingerprint density at radius 1 is 1.38 bits per heavy atom. The monoisotopic (exact) mass is 343 g/mol. The van der Waals surface area contributed by atoms with Gasteiger partial charge >= 0.3 is 0 Å². The number of nitrogens with one attached hydrogen (secondary N) is 2. The van der Waals surface area contributed by atoms with Crippen LogP contribution >= 0.6 is 11.3 Å². The van der Waals surface area contributed by atoms with Gasteiger partial charge < -0.3 is 5.32 Å². The highest BCUT2D eigenvalue weighted by Crippen LogP contribution is 2.21. The first-order chi connectivity index (χ1) is 11.7. The molecule has 1 amide bonds. The van der Waals surface area contributed by atoms with Crippen LogP contribution in [0.2, 0.25) is 0 Å². The van der Waals surface area contributed by atoms with Crippen molar-refractivity contribution in [1.82, 2.24) is 25.1 Å². The number of H-pyrrole nitrogens is 1. The van der Waals surface area contributed by atoms with Gasteiger partial charge in [0.2, 0.25) is 0 Å². The summed E-state index contributed by atoms with van der Waals surface area (Å²) >= 11 is 1.38. The lowest BCUT2D eigenvalue weighted by Crippen LogP contribution is -2.31. The van der Waals surface area contributed by atoms with Crippen LogP contribution in [0.1, 0.15) is 34.6 Å². The van der Waals surface area contributed by atoms with E-state index in [0.717, 1.165) is 36.9 Å². The number of carbonyl (C=O) groups is 1. The molecule has 3 aromatic heterocycles. The molecule has 0 radical (unpaired) electrons. The van der Waals surface area contributed by atoms with Gasteiger partial charge in [0.15, 0.2) is 5.69 Å². The fourth-order valence-electron chi connectivity index (χ4n) is 3.08. The van der Waals surface area contributed by atoms with Crippen LogP contribution in [0.25, 0.3) is 10.2 Å². The predicted molar refractivity (Wildman–Crippen MR) is 91.4 cm³/mol. The van der Waals surface area contributed by atoms with E-state index in [0.29, 0.717) is 29.0 Å². The van der Waals surface area contributed by atoms with Crippen LogP contribution in [0, 0.1) is 0 Å². The topological polar surface area (TPSA) is 92.7 Å².